The summed E-state index contributed by atoms with van der Waals surface area (Å²) in [5.41, 5.74) is 0. The molecule has 0 radical (unpaired) electrons. The lowest BCUT2D eigenvalue weighted by molar-refractivity contribution is 0.377. The Balaban J connectivity index is 1.91. The van der Waals surface area contributed by atoms with E-state index in [4.69, 9.17) is 9.26 Å². The second-order valence-corrected chi connectivity index (χ2v) is 3.75. The molecule has 2 rings (SSSR count). The second-order valence-electron chi connectivity index (χ2n) is 3.75. The number of hydrogen-bond donors (Lipinski definition) is 1. The van der Waals surface area contributed by atoms with Crippen molar-refractivity contribution in [1.29, 1.82) is 0 Å². The molecule has 2 aromatic heterocycles. The number of anilines is 1. The van der Waals surface area contributed by atoms with E-state index in [1.54, 1.807) is 20.1 Å². The number of nitrogens with one attached hydrogen (secondary N) is 1. The van der Waals surface area contributed by atoms with Crippen molar-refractivity contribution in [3.63, 3.8) is 0 Å². The maximum Gasteiger partial charge on any atom is 0.228 e. The van der Waals surface area contributed by atoms with Crippen molar-refractivity contribution in [1.82, 2.24) is 20.1 Å². The van der Waals surface area contributed by atoms with Crippen LogP contribution in [0.25, 0.3) is 0 Å². The Bertz CT molecular complexity index is 526. The Hall–Kier alpha value is -2.18. The molecule has 0 spiro atoms. The van der Waals surface area contributed by atoms with E-state index in [0.717, 1.165) is 5.82 Å². The fraction of sp³-hybridized carbons (Fsp3) is 0.455. The van der Waals surface area contributed by atoms with Crippen molar-refractivity contribution in [2.45, 2.75) is 20.3 Å². The molecule has 2 heterocycles. The van der Waals surface area contributed by atoms with E-state index >= 15 is 0 Å². The molecule has 0 bridgehead atoms. The Kier molecular flexibility index (Phi) is 3.71. The number of nitrogens with zero attached hydrogens (tertiary/aromatic N) is 4. The molecule has 0 aliphatic rings. The molecule has 2 aromatic rings. The topological polar surface area (TPSA) is 86.0 Å². The van der Waals surface area contributed by atoms with E-state index in [1.807, 2.05) is 6.92 Å². The van der Waals surface area contributed by atoms with Crippen LogP contribution in [0.4, 0.5) is 5.82 Å². The molecule has 7 heteroatoms. The van der Waals surface area contributed by atoms with Crippen molar-refractivity contribution >= 4 is 5.82 Å². The third kappa shape index (κ3) is 3.16. The van der Waals surface area contributed by atoms with E-state index in [9.17, 15) is 0 Å². The predicted molar refractivity (Wildman–Crippen MR) is 64.5 cm³/mol. The van der Waals surface area contributed by atoms with Crippen LogP contribution in [0.15, 0.2) is 10.6 Å². The van der Waals surface area contributed by atoms with Gasteiger partial charge in [-0.1, -0.05) is 5.16 Å². The van der Waals surface area contributed by atoms with Gasteiger partial charge in [0.05, 0.1) is 7.11 Å². The van der Waals surface area contributed by atoms with Gasteiger partial charge < -0.3 is 14.6 Å². The first-order chi connectivity index (χ1) is 8.67. The van der Waals surface area contributed by atoms with Gasteiger partial charge in [-0.3, -0.25) is 0 Å². The van der Waals surface area contributed by atoms with Crippen molar-refractivity contribution in [3.05, 3.63) is 23.6 Å². The molecule has 0 aromatic carbocycles. The normalized spacial score (nSPS) is 10.4. The van der Waals surface area contributed by atoms with Crippen molar-refractivity contribution in [2.24, 2.45) is 0 Å². The highest BCUT2D eigenvalue weighted by molar-refractivity contribution is 5.38. The highest BCUT2D eigenvalue weighted by Gasteiger charge is 2.04. The predicted octanol–water partition coefficient (Wildman–Crippen LogP) is 1.14. The van der Waals surface area contributed by atoms with Gasteiger partial charge in [-0.05, 0) is 13.8 Å². The van der Waals surface area contributed by atoms with Gasteiger partial charge >= 0.3 is 0 Å². The molecular formula is C11H15N5O2. The summed E-state index contributed by atoms with van der Waals surface area (Å²) in [6.07, 6.45) is 0.645. The zero-order valence-electron chi connectivity index (χ0n) is 10.6. The van der Waals surface area contributed by atoms with Crippen LogP contribution in [0.5, 0.6) is 5.88 Å². The minimum Gasteiger partial charge on any atom is -0.481 e. The maximum atomic E-state index is 5.07. The molecule has 7 nitrogen and oxygen atoms in total. The first-order valence-corrected chi connectivity index (χ1v) is 5.60. The zero-order chi connectivity index (χ0) is 13.0. The summed E-state index contributed by atoms with van der Waals surface area (Å²) in [5.74, 6) is 3.17. The fourth-order valence-electron chi connectivity index (χ4n) is 1.47. The second kappa shape index (κ2) is 5.44. The van der Waals surface area contributed by atoms with Gasteiger partial charge in [0.2, 0.25) is 11.8 Å². The van der Waals surface area contributed by atoms with E-state index < -0.39 is 0 Å². The smallest absolute Gasteiger partial charge is 0.228 e. The van der Waals surface area contributed by atoms with Crippen molar-refractivity contribution < 1.29 is 9.26 Å². The summed E-state index contributed by atoms with van der Waals surface area (Å²) in [6, 6.07) is 1.74. The first-order valence-electron chi connectivity index (χ1n) is 5.60. The van der Waals surface area contributed by atoms with Crippen LogP contribution in [-0.4, -0.2) is 33.8 Å². The fourth-order valence-corrected chi connectivity index (χ4v) is 1.47. The average molecular weight is 249 g/mol. The lowest BCUT2D eigenvalue weighted by Crippen LogP contribution is -2.08. The Morgan fingerprint density at radius 1 is 1.22 bits per heavy atom. The van der Waals surface area contributed by atoms with E-state index in [2.05, 4.69) is 25.4 Å². The number of aryl methyl sites for hydroxylation is 2. The summed E-state index contributed by atoms with van der Waals surface area (Å²) < 4.78 is 10.1. The molecule has 0 saturated carbocycles. The van der Waals surface area contributed by atoms with Crippen LogP contribution >= 0.6 is 0 Å². The summed E-state index contributed by atoms with van der Waals surface area (Å²) in [6.45, 7) is 4.26. The third-order valence-electron chi connectivity index (χ3n) is 2.24. The number of hydrogen-bond acceptors (Lipinski definition) is 7. The zero-order valence-corrected chi connectivity index (χ0v) is 10.6. The molecule has 0 atom stereocenters. The van der Waals surface area contributed by atoms with Gasteiger partial charge in [0.1, 0.15) is 11.6 Å². The van der Waals surface area contributed by atoms with Crippen LogP contribution in [-0.2, 0) is 6.42 Å². The number of ether oxygens (including phenoxy) is 1. The number of rotatable bonds is 5. The number of aromatic nitrogens is 4. The minimum atomic E-state index is 0.540. The largest absolute Gasteiger partial charge is 0.481 e. The third-order valence-corrected chi connectivity index (χ3v) is 2.24. The van der Waals surface area contributed by atoms with Crippen molar-refractivity contribution in [3.8, 4) is 5.88 Å². The molecular weight excluding hydrogens is 234 g/mol. The molecule has 0 saturated heterocycles. The molecule has 0 fully saturated rings. The van der Waals surface area contributed by atoms with Gasteiger partial charge in [0, 0.05) is 19.0 Å². The average Bonchev–Trinajstić information content (AvgIpc) is 2.74. The van der Waals surface area contributed by atoms with E-state index in [-0.39, 0.29) is 0 Å². The summed E-state index contributed by atoms with van der Waals surface area (Å²) in [4.78, 5) is 12.5. The van der Waals surface area contributed by atoms with Crippen molar-refractivity contribution in [2.75, 3.05) is 19.0 Å². The van der Waals surface area contributed by atoms with Crippen LogP contribution in [0.1, 0.15) is 17.5 Å². The Morgan fingerprint density at radius 3 is 2.72 bits per heavy atom. The molecule has 0 aliphatic carbocycles. The monoisotopic (exact) mass is 249 g/mol. The standard InChI is InChI=1S/C11H15N5O2/c1-7-13-9(6-11(14-7)17-3)12-5-4-10-15-8(2)16-18-10/h6H,4-5H2,1-3H3,(H,12,13,14). The van der Waals surface area contributed by atoms with Crippen LogP contribution in [0, 0.1) is 13.8 Å². The lowest BCUT2D eigenvalue weighted by Gasteiger charge is -2.06. The molecule has 96 valence electrons. The van der Waals surface area contributed by atoms with E-state index in [0.29, 0.717) is 36.4 Å². The summed E-state index contributed by atoms with van der Waals surface area (Å²) in [7, 11) is 1.58. The number of methoxy groups -OCH3 is 1. The molecule has 0 amide bonds. The van der Waals surface area contributed by atoms with Crippen LogP contribution in [0.2, 0.25) is 0 Å². The highest BCUT2D eigenvalue weighted by atomic mass is 16.5. The van der Waals surface area contributed by atoms with Gasteiger partial charge in [-0.2, -0.15) is 9.97 Å². The van der Waals surface area contributed by atoms with Gasteiger partial charge in [-0.25, -0.2) is 4.98 Å². The SMILES string of the molecule is COc1cc(NCCc2nc(C)no2)nc(C)n1. The van der Waals surface area contributed by atoms with E-state index in [1.165, 1.54) is 0 Å². The van der Waals surface area contributed by atoms with Crippen LogP contribution in [0.3, 0.4) is 0 Å². The Labute approximate surface area is 105 Å². The quantitative estimate of drug-likeness (QED) is 0.850. The molecule has 18 heavy (non-hydrogen) atoms. The minimum absolute atomic E-state index is 0.540. The molecule has 0 aliphatic heterocycles. The first kappa shape index (κ1) is 12.3. The summed E-state index contributed by atoms with van der Waals surface area (Å²) in [5, 5.41) is 6.88. The molecule has 1 N–H and O–H groups in total. The molecule has 0 unspecified atom stereocenters. The highest BCUT2D eigenvalue weighted by Crippen LogP contribution is 2.12. The van der Waals surface area contributed by atoms with Crippen LogP contribution < -0.4 is 10.1 Å². The lowest BCUT2D eigenvalue weighted by atomic mass is 10.4. The van der Waals surface area contributed by atoms with Gasteiger partial charge in [0.15, 0.2) is 5.82 Å². The van der Waals surface area contributed by atoms with Gasteiger partial charge in [-0.15, -0.1) is 0 Å². The Morgan fingerprint density at radius 2 is 2.06 bits per heavy atom. The van der Waals surface area contributed by atoms with Gasteiger partial charge in [0.25, 0.3) is 0 Å². The maximum absolute atomic E-state index is 5.07. The summed E-state index contributed by atoms with van der Waals surface area (Å²) >= 11 is 0.